The van der Waals surface area contributed by atoms with Crippen molar-refractivity contribution >= 4 is 38.4 Å². The Morgan fingerprint density at radius 3 is 2.87 bits per heavy atom. The molecule has 0 fully saturated rings. The smallest absolute Gasteiger partial charge is 0.290 e. The molecule has 0 saturated heterocycles. The first-order chi connectivity index (χ1) is 7.13. The summed E-state index contributed by atoms with van der Waals surface area (Å²) in [5.41, 5.74) is 0.404. The van der Waals surface area contributed by atoms with E-state index < -0.39 is 0 Å². The van der Waals surface area contributed by atoms with Crippen LogP contribution in [0.25, 0.3) is 10.9 Å². The van der Waals surface area contributed by atoms with E-state index in [1.54, 1.807) is 12.1 Å². The van der Waals surface area contributed by atoms with Crippen LogP contribution >= 0.6 is 27.5 Å². The van der Waals surface area contributed by atoms with Crippen LogP contribution in [0, 0.1) is 0 Å². The van der Waals surface area contributed by atoms with Crippen molar-refractivity contribution in [3.8, 4) is 5.75 Å². The number of aromatic amines is 1. The predicted octanol–water partition coefficient (Wildman–Crippen LogP) is 2.95. The van der Waals surface area contributed by atoms with Crippen LogP contribution in [0.1, 0.15) is 0 Å². The van der Waals surface area contributed by atoms with Crippen LogP contribution in [-0.2, 0) is 0 Å². The van der Waals surface area contributed by atoms with Crippen LogP contribution in [0.3, 0.4) is 0 Å². The zero-order chi connectivity index (χ0) is 11.0. The molecule has 2 rings (SSSR count). The zero-order valence-corrected chi connectivity index (χ0v) is 10.1. The topological polar surface area (TPSA) is 42.1 Å². The van der Waals surface area contributed by atoms with Gasteiger partial charge in [0.15, 0.2) is 5.75 Å². The Morgan fingerprint density at radius 1 is 1.47 bits per heavy atom. The van der Waals surface area contributed by atoms with Gasteiger partial charge in [0.05, 0.1) is 22.1 Å². The summed E-state index contributed by atoms with van der Waals surface area (Å²) in [5.74, 6) is 0.289. The fraction of sp³-hybridized carbons (Fsp3) is 0.100. The lowest BCUT2D eigenvalue weighted by Crippen LogP contribution is -2.08. The lowest BCUT2D eigenvalue weighted by molar-refractivity contribution is 0.409. The second-order valence-electron chi connectivity index (χ2n) is 2.99. The third kappa shape index (κ3) is 1.75. The number of fused-ring (bicyclic) bond motifs is 1. The molecule has 0 aliphatic rings. The van der Waals surface area contributed by atoms with Gasteiger partial charge in [0, 0.05) is 5.39 Å². The van der Waals surface area contributed by atoms with Gasteiger partial charge in [0.1, 0.15) is 0 Å². The summed E-state index contributed by atoms with van der Waals surface area (Å²) in [4.78, 5) is 14.2. The zero-order valence-electron chi connectivity index (χ0n) is 7.80. The molecule has 78 valence electrons. The molecule has 0 spiro atoms. The van der Waals surface area contributed by atoms with Crippen molar-refractivity contribution in [2.75, 3.05) is 7.11 Å². The maximum absolute atomic E-state index is 11.5. The van der Waals surface area contributed by atoms with Gasteiger partial charge in [-0.2, -0.15) is 0 Å². The lowest BCUT2D eigenvalue weighted by atomic mass is 10.2. The van der Waals surface area contributed by atoms with E-state index in [0.29, 0.717) is 15.0 Å². The predicted molar refractivity (Wildman–Crippen MR) is 63.8 cm³/mol. The molecule has 0 saturated carbocycles. The third-order valence-corrected chi connectivity index (χ3v) is 3.46. The average Bonchev–Trinajstić information content (AvgIpc) is 2.24. The largest absolute Gasteiger partial charge is 0.491 e. The molecule has 1 N–H and O–H groups in total. The van der Waals surface area contributed by atoms with Crippen molar-refractivity contribution in [2.45, 2.75) is 0 Å². The fourth-order valence-corrected chi connectivity index (χ4v) is 1.96. The van der Waals surface area contributed by atoms with Gasteiger partial charge in [-0.1, -0.05) is 17.7 Å². The highest BCUT2D eigenvalue weighted by Crippen LogP contribution is 2.29. The SMILES string of the molecule is COc1cc2ccc(Cl)c(Br)c2[nH]c1=O. The van der Waals surface area contributed by atoms with Gasteiger partial charge < -0.3 is 9.72 Å². The highest BCUT2D eigenvalue weighted by Gasteiger charge is 2.07. The van der Waals surface area contributed by atoms with Crippen LogP contribution in [0.15, 0.2) is 27.5 Å². The molecule has 0 radical (unpaired) electrons. The summed E-state index contributed by atoms with van der Waals surface area (Å²) in [6, 6.07) is 5.25. The first-order valence-electron chi connectivity index (χ1n) is 4.18. The molecule has 3 nitrogen and oxygen atoms in total. The number of H-pyrrole nitrogens is 1. The minimum atomic E-state index is -0.270. The molecule has 15 heavy (non-hydrogen) atoms. The summed E-state index contributed by atoms with van der Waals surface area (Å²) >= 11 is 9.23. The number of ether oxygens (including phenoxy) is 1. The molecule has 0 amide bonds. The Kier molecular flexibility index (Phi) is 2.71. The van der Waals surface area contributed by atoms with Crippen molar-refractivity contribution in [1.82, 2.24) is 4.98 Å². The van der Waals surface area contributed by atoms with Gasteiger partial charge in [0.2, 0.25) is 0 Å². The van der Waals surface area contributed by atoms with E-state index in [1.807, 2.05) is 6.07 Å². The van der Waals surface area contributed by atoms with Crippen molar-refractivity contribution in [2.24, 2.45) is 0 Å². The Morgan fingerprint density at radius 2 is 2.20 bits per heavy atom. The van der Waals surface area contributed by atoms with Crippen LogP contribution in [0.4, 0.5) is 0 Å². The van der Waals surface area contributed by atoms with E-state index >= 15 is 0 Å². The Bertz CT molecular complexity index is 579. The first-order valence-corrected chi connectivity index (χ1v) is 5.35. The number of halogens is 2. The summed E-state index contributed by atoms with van der Waals surface area (Å²) in [6.07, 6.45) is 0. The molecule has 0 bridgehead atoms. The van der Waals surface area contributed by atoms with Gasteiger partial charge in [-0.3, -0.25) is 4.79 Å². The maximum atomic E-state index is 11.5. The quantitative estimate of drug-likeness (QED) is 0.876. The number of rotatable bonds is 1. The van der Waals surface area contributed by atoms with Gasteiger partial charge in [-0.15, -0.1) is 0 Å². The minimum absolute atomic E-state index is 0.270. The molecule has 0 aliphatic heterocycles. The Balaban J connectivity index is 2.87. The third-order valence-electron chi connectivity index (χ3n) is 2.10. The molecule has 5 heteroatoms. The molecule has 2 aromatic rings. The minimum Gasteiger partial charge on any atom is -0.491 e. The van der Waals surface area contributed by atoms with Crippen LogP contribution in [0.5, 0.6) is 5.75 Å². The van der Waals surface area contributed by atoms with Gasteiger partial charge in [0.25, 0.3) is 5.56 Å². The summed E-state index contributed by atoms with van der Waals surface area (Å²) < 4.78 is 5.61. The molecule has 1 aromatic heterocycles. The molecule has 0 unspecified atom stereocenters. The van der Waals surface area contributed by atoms with E-state index in [-0.39, 0.29) is 11.3 Å². The van der Waals surface area contributed by atoms with Crippen LogP contribution in [0.2, 0.25) is 5.02 Å². The standard InChI is InChI=1S/C10H7BrClNO2/c1-15-7-4-5-2-3-6(12)8(11)9(5)13-10(7)14/h2-4H,1H3,(H,13,14). The highest BCUT2D eigenvalue weighted by molar-refractivity contribution is 9.10. The second-order valence-corrected chi connectivity index (χ2v) is 4.19. The van der Waals surface area contributed by atoms with Crippen molar-refractivity contribution < 1.29 is 4.74 Å². The van der Waals surface area contributed by atoms with Crippen molar-refractivity contribution in [3.05, 3.63) is 38.0 Å². The van der Waals surface area contributed by atoms with E-state index in [2.05, 4.69) is 20.9 Å². The Hall–Kier alpha value is -1.00. The fourth-order valence-electron chi connectivity index (χ4n) is 1.35. The van der Waals surface area contributed by atoms with Crippen molar-refractivity contribution in [1.29, 1.82) is 0 Å². The molecular formula is C10H7BrClNO2. The monoisotopic (exact) mass is 287 g/mol. The van der Waals surface area contributed by atoms with E-state index in [0.717, 1.165) is 5.39 Å². The van der Waals surface area contributed by atoms with Gasteiger partial charge in [-0.05, 0) is 28.1 Å². The molecule has 1 heterocycles. The normalized spacial score (nSPS) is 10.6. The van der Waals surface area contributed by atoms with Gasteiger partial charge in [-0.25, -0.2) is 0 Å². The van der Waals surface area contributed by atoms with Crippen molar-refractivity contribution in [3.63, 3.8) is 0 Å². The average molecular weight is 289 g/mol. The molecule has 0 aliphatic carbocycles. The number of hydrogen-bond acceptors (Lipinski definition) is 2. The van der Waals surface area contributed by atoms with E-state index in [4.69, 9.17) is 16.3 Å². The molecule has 1 aromatic carbocycles. The summed E-state index contributed by atoms with van der Waals surface area (Å²) in [5, 5.41) is 1.42. The summed E-state index contributed by atoms with van der Waals surface area (Å²) in [7, 11) is 1.46. The number of hydrogen-bond donors (Lipinski definition) is 1. The van der Waals surface area contributed by atoms with Crippen LogP contribution in [-0.4, -0.2) is 12.1 Å². The van der Waals surface area contributed by atoms with Gasteiger partial charge >= 0.3 is 0 Å². The first kappa shape index (κ1) is 10.5. The number of nitrogens with one attached hydrogen (secondary N) is 1. The van der Waals surface area contributed by atoms with E-state index in [1.165, 1.54) is 7.11 Å². The highest BCUT2D eigenvalue weighted by atomic mass is 79.9. The Labute approximate surface area is 99.1 Å². The maximum Gasteiger partial charge on any atom is 0.290 e. The summed E-state index contributed by atoms with van der Waals surface area (Å²) in [6.45, 7) is 0. The number of pyridine rings is 1. The number of aromatic nitrogens is 1. The molecular weight excluding hydrogens is 281 g/mol. The lowest BCUT2D eigenvalue weighted by Gasteiger charge is -2.04. The van der Waals surface area contributed by atoms with E-state index in [9.17, 15) is 4.79 Å². The number of benzene rings is 1. The second kappa shape index (κ2) is 3.87. The van der Waals surface area contributed by atoms with Crippen LogP contribution < -0.4 is 10.3 Å². The number of methoxy groups -OCH3 is 1. The molecule has 0 atom stereocenters.